The SMILES string of the molecule is Cc1cccc(CCC(=O)N2CCCC(Oc3ncc(F)cn3)C2)c1. The largest absolute Gasteiger partial charge is 0.458 e. The Labute approximate surface area is 146 Å². The molecule has 1 aliphatic heterocycles. The van der Waals surface area contributed by atoms with Gasteiger partial charge in [0.2, 0.25) is 5.91 Å². The standard InChI is InChI=1S/C19H22FN3O2/c1-14-4-2-5-15(10-14)7-8-18(24)23-9-3-6-17(13-23)25-19-21-11-16(20)12-22-19/h2,4-5,10-12,17H,3,6-9,13H2,1H3. The van der Waals surface area contributed by atoms with Gasteiger partial charge in [0, 0.05) is 13.0 Å². The second-order valence-electron chi connectivity index (χ2n) is 6.39. The average molecular weight is 343 g/mol. The zero-order valence-corrected chi connectivity index (χ0v) is 14.3. The number of carbonyl (C=O) groups is 1. The lowest BCUT2D eigenvalue weighted by atomic mass is 10.0. The van der Waals surface area contributed by atoms with Crippen LogP contribution in [0.5, 0.6) is 6.01 Å². The highest BCUT2D eigenvalue weighted by Gasteiger charge is 2.25. The minimum atomic E-state index is -0.496. The number of hydrogen-bond acceptors (Lipinski definition) is 4. The Balaban J connectivity index is 1.51. The molecular weight excluding hydrogens is 321 g/mol. The maximum Gasteiger partial charge on any atom is 0.316 e. The number of rotatable bonds is 5. The Morgan fingerprint density at radius 2 is 2.16 bits per heavy atom. The number of ether oxygens (including phenoxy) is 1. The molecule has 0 saturated carbocycles. The molecule has 25 heavy (non-hydrogen) atoms. The topological polar surface area (TPSA) is 55.3 Å². The van der Waals surface area contributed by atoms with Crippen molar-refractivity contribution in [2.75, 3.05) is 13.1 Å². The highest BCUT2D eigenvalue weighted by atomic mass is 19.1. The first-order chi connectivity index (χ1) is 12.1. The van der Waals surface area contributed by atoms with Crippen molar-refractivity contribution >= 4 is 5.91 Å². The molecule has 1 amide bonds. The van der Waals surface area contributed by atoms with E-state index in [-0.39, 0.29) is 18.0 Å². The Morgan fingerprint density at radius 1 is 1.36 bits per heavy atom. The van der Waals surface area contributed by atoms with Crippen molar-refractivity contribution < 1.29 is 13.9 Å². The Morgan fingerprint density at radius 3 is 2.92 bits per heavy atom. The van der Waals surface area contributed by atoms with Gasteiger partial charge < -0.3 is 9.64 Å². The number of carbonyl (C=O) groups excluding carboxylic acids is 1. The van der Waals surface area contributed by atoms with E-state index in [0.717, 1.165) is 38.2 Å². The fraction of sp³-hybridized carbons (Fsp3) is 0.421. The van der Waals surface area contributed by atoms with Gasteiger partial charge in [-0.15, -0.1) is 0 Å². The second kappa shape index (κ2) is 8.05. The summed E-state index contributed by atoms with van der Waals surface area (Å²) in [7, 11) is 0. The van der Waals surface area contributed by atoms with Gasteiger partial charge in [0.1, 0.15) is 6.10 Å². The van der Waals surface area contributed by atoms with Crippen LogP contribution < -0.4 is 4.74 Å². The van der Waals surface area contributed by atoms with Gasteiger partial charge in [-0.25, -0.2) is 14.4 Å². The average Bonchev–Trinajstić information content (AvgIpc) is 2.62. The van der Waals surface area contributed by atoms with Gasteiger partial charge >= 0.3 is 6.01 Å². The summed E-state index contributed by atoms with van der Waals surface area (Å²) in [5.74, 6) is -0.362. The first-order valence-corrected chi connectivity index (χ1v) is 8.57. The molecule has 2 heterocycles. The normalized spacial score (nSPS) is 17.4. The summed E-state index contributed by atoms with van der Waals surface area (Å²) in [4.78, 5) is 22.0. The fourth-order valence-electron chi connectivity index (χ4n) is 3.05. The third kappa shape index (κ3) is 4.98. The van der Waals surface area contributed by atoms with Crippen molar-refractivity contribution in [2.24, 2.45) is 0 Å². The van der Waals surface area contributed by atoms with Crippen molar-refractivity contribution in [3.8, 4) is 6.01 Å². The van der Waals surface area contributed by atoms with Crippen LogP contribution in [-0.4, -0.2) is 40.0 Å². The molecule has 1 atom stereocenters. The number of aryl methyl sites for hydroxylation is 2. The summed E-state index contributed by atoms with van der Waals surface area (Å²) in [6, 6.07) is 8.38. The molecule has 132 valence electrons. The second-order valence-corrected chi connectivity index (χ2v) is 6.39. The minimum absolute atomic E-state index is 0.134. The molecule has 0 bridgehead atoms. The molecule has 0 N–H and O–H groups in total. The van der Waals surface area contributed by atoms with Crippen LogP contribution in [0, 0.1) is 12.7 Å². The van der Waals surface area contributed by atoms with Crippen LogP contribution in [-0.2, 0) is 11.2 Å². The third-order valence-corrected chi connectivity index (χ3v) is 4.31. The van der Waals surface area contributed by atoms with E-state index in [9.17, 15) is 9.18 Å². The zero-order chi connectivity index (χ0) is 17.6. The molecule has 1 aliphatic rings. The van der Waals surface area contributed by atoms with Gasteiger partial charge in [-0.3, -0.25) is 4.79 Å². The van der Waals surface area contributed by atoms with Gasteiger partial charge in [-0.05, 0) is 31.7 Å². The van der Waals surface area contributed by atoms with Gasteiger partial charge in [0.05, 0.1) is 18.9 Å². The molecule has 0 radical (unpaired) electrons. The van der Waals surface area contributed by atoms with E-state index in [1.807, 2.05) is 17.0 Å². The summed E-state index contributed by atoms with van der Waals surface area (Å²) >= 11 is 0. The van der Waals surface area contributed by atoms with Gasteiger partial charge in [0.15, 0.2) is 5.82 Å². The van der Waals surface area contributed by atoms with Crippen LogP contribution >= 0.6 is 0 Å². The number of aromatic nitrogens is 2. The Bertz CT molecular complexity index is 721. The quantitative estimate of drug-likeness (QED) is 0.838. The van der Waals surface area contributed by atoms with Gasteiger partial charge in [0.25, 0.3) is 0 Å². The lowest BCUT2D eigenvalue weighted by Crippen LogP contribution is -2.44. The van der Waals surface area contributed by atoms with Gasteiger partial charge in [-0.2, -0.15) is 0 Å². The molecule has 5 nitrogen and oxygen atoms in total. The van der Waals surface area contributed by atoms with E-state index in [1.54, 1.807) is 0 Å². The minimum Gasteiger partial charge on any atom is -0.458 e. The van der Waals surface area contributed by atoms with Crippen LogP contribution in [0.4, 0.5) is 4.39 Å². The molecule has 1 aromatic heterocycles. The molecule has 6 heteroatoms. The van der Waals surface area contributed by atoms with Crippen LogP contribution in [0.25, 0.3) is 0 Å². The lowest BCUT2D eigenvalue weighted by Gasteiger charge is -2.32. The summed E-state index contributed by atoms with van der Waals surface area (Å²) in [5, 5.41) is 0. The van der Waals surface area contributed by atoms with Crippen LogP contribution in [0.3, 0.4) is 0 Å². The molecule has 1 aromatic carbocycles. The van der Waals surface area contributed by atoms with Crippen LogP contribution in [0.2, 0.25) is 0 Å². The number of halogens is 1. The molecular formula is C19H22FN3O2. The van der Waals surface area contributed by atoms with E-state index < -0.39 is 5.82 Å². The smallest absolute Gasteiger partial charge is 0.316 e. The zero-order valence-electron chi connectivity index (χ0n) is 14.3. The first-order valence-electron chi connectivity index (χ1n) is 8.57. The monoisotopic (exact) mass is 343 g/mol. The number of likely N-dealkylation sites (tertiary alicyclic amines) is 1. The van der Waals surface area contributed by atoms with Crippen molar-refractivity contribution in [3.63, 3.8) is 0 Å². The summed E-state index contributed by atoms with van der Waals surface area (Å²) < 4.78 is 18.5. The predicted octanol–water partition coefficient (Wildman–Crippen LogP) is 2.93. The van der Waals surface area contributed by atoms with Gasteiger partial charge in [-0.1, -0.05) is 29.8 Å². The predicted molar refractivity (Wildman–Crippen MR) is 91.7 cm³/mol. The molecule has 1 unspecified atom stereocenters. The molecule has 2 aromatic rings. The van der Waals surface area contributed by atoms with Crippen molar-refractivity contribution in [1.29, 1.82) is 0 Å². The molecule has 1 fully saturated rings. The third-order valence-electron chi connectivity index (χ3n) is 4.31. The summed E-state index contributed by atoms with van der Waals surface area (Å²) in [6.07, 6.45) is 4.95. The molecule has 1 saturated heterocycles. The van der Waals surface area contributed by atoms with Crippen molar-refractivity contribution in [3.05, 3.63) is 53.6 Å². The molecule has 3 rings (SSSR count). The summed E-state index contributed by atoms with van der Waals surface area (Å²) in [5.41, 5.74) is 2.38. The number of nitrogens with zero attached hydrogens (tertiary/aromatic N) is 3. The lowest BCUT2D eigenvalue weighted by molar-refractivity contribution is -0.133. The molecule has 0 aliphatic carbocycles. The number of benzene rings is 1. The highest BCUT2D eigenvalue weighted by molar-refractivity contribution is 5.76. The van der Waals surface area contributed by atoms with Crippen LogP contribution in [0.15, 0.2) is 36.7 Å². The maximum absolute atomic E-state index is 12.8. The maximum atomic E-state index is 12.8. The van der Waals surface area contributed by atoms with Crippen molar-refractivity contribution in [2.45, 2.75) is 38.7 Å². The first kappa shape index (κ1) is 17.3. The van der Waals surface area contributed by atoms with E-state index in [2.05, 4.69) is 29.0 Å². The molecule has 0 spiro atoms. The fourth-order valence-corrected chi connectivity index (χ4v) is 3.05. The highest BCUT2D eigenvalue weighted by Crippen LogP contribution is 2.17. The van der Waals surface area contributed by atoms with E-state index in [4.69, 9.17) is 4.74 Å². The Kier molecular flexibility index (Phi) is 5.58. The van der Waals surface area contributed by atoms with Crippen LogP contribution in [0.1, 0.15) is 30.4 Å². The van der Waals surface area contributed by atoms with E-state index >= 15 is 0 Å². The summed E-state index contributed by atoms with van der Waals surface area (Å²) in [6.45, 7) is 3.32. The van der Waals surface area contributed by atoms with E-state index in [1.165, 1.54) is 11.1 Å². The number of piperidine rings is 1. The van der Waals surface area contributed by atoms with Crippen molar-refractivity contribution in [1.82, 2.24) is 14.9 Å². The number of hydrogen-bond donors (Lipinski definition) is 0. The Hall–Kier alpha value is -2.50. The van der Waals surface area contributed by atoms with E-state index in [0.29, 0.717) is 13.0 Å². The number of amides is 1.